The lowest BCUT2D eigenvalue weighted by atomic mass is 10.3. The van der Waals surface area contributed by atoms with Crippen LogP contribution in [-0.2, 0) is 9.84 Å². The second kappa shape index (κ2) is 9.30. The summed E-state index contributed by atoms with van der Waals surface area (Å²) in [6.07, 6.45) is 1.22. The maximum atomic E-state index is 11.1. The van der Waals surface area contributed by atoms with Crippen LogP contribution in [0.4, 0.5) is 0 Å². The zero-order valence-corrected chi connectivity index (χ0v) is 14.3. The summed E-state index contributed by atoms with van der Waals surface area (Å²) in [5.41, 5.74) is 0. The molecule has 22 heavy (non-hydrogen) atoms. The Kier molecular flexibility index (Phi) is 7.73. The van der Waals surface area contributed by atoms with Crippen LogP contribution in [0.3, 0.4) is 0 Å². The van der Waals surface area contributed by atoms with Gasteiger partial charge in [-0.2, -0.15) is 0 Å². The molecule has 0 saturated carbocycles. The number of ether oxygens (including phenoxy) is 1. The highest BCUT2D eigenvalue weighted by atomic mass is 32.2. The number of nitrogens with one attached hydrogen (secondary N) is 1. The molecule has 0 amide bonds. The Labute approximate surface area is 133 Å². The fourth-order valence-electron chi connectivity index (χ4n) is 1.71. The van der Waals surface area contributed by atoms with Gasteiger partial charge >= 0.3 is 0 Å². The lowest BCUT2D eigenvalue weighted by Gasteiger charge is -2.22. The Bertz CT molecular complexity index is 559. The second-order valence-corrected chi connectivity index (χ2v) is 7.21. The molecule has 0 heterocycles. The number of nitrogens with zero attached hydrogens (tertiary/aromatic N) is 2. The fourth-order valence-corrected chi connectivity index (χ4v) is 2.13. The molecule has 1 N–H and O–H groups in total. The van der Waals surface area contributed by atoms with Gasteiger partial charge in [-0.15, -0.1) is 0 Å². The summed E-state index contributed by atoms with van der Waals surface area (Å²) < 4.78 is 27.9. The lowest BCUT2D eigenvalue weighted by molar-refractivity contribution is 0.281. The van der Waals surface area contributed by atoms with Gasteiger partial charge in [-0.1, -0.05) is 18.2 Å². The molecular weight excluding hydrogens is 302 g/mol. The number of aliphatic imine (C=N–C) groups is 1. The third-order valence-electron chi connectivity index (χ3n) is 2.86. The lowest BCUT2D eigenvalue weighted by Crippen LogP contribution is -2.41. The molecule has 0 aromatic heterocycles. The molecule has 1 aromatic carbocycles. The van der Waals surface area contributed by atoms with E-state index in [0.29, 0.717) is 19.1 Å². The minimum atomic E-state index is -2.99. The van der Waals surface area contributed by atoms with Gasteiger partial charge in [0.25, 0.3) is 0 Å². The van der Waals surface area contributed by atoms with E-state index in [4.69, 9.17) is 4.74 Å². The van der Waals surface area contributed by atoms with Gasteiger partial charge in [0.05, 0.1) is 18.8 Å². The van der Waals surface area contributed by atoms with Crippen LogP contribution < -0.4 is 10.1 Å². The van der Waals surface area contributed by atoms with Gasteiger partial charge in [-0.25, -0.2) is 8.42 Å². The molecule has 0 unspecified atom stereocenters. The number of benzene rings is 1. The van der Waals surface area contributed by atoms with Crippen molar-refractivity contribution < 1.29 is 13.2 Å². The molecule has 0 atom stereocenters. The first-order valence-electron chi connectivity index (χ1n) is 7.27. The molecule has 124 valence electrons. The van der Waals surface area contributed by atoms with E-state index in [1.54, 1.807) is 0 Å². The Morgan fingerprint density at radius 1 is 1.32 bits per heavy atom. The molecule has 6 nitrogen and oxygen atoms in total. The highest BCUT2D eigenvalue weighted by molar-refractivity contribution is 7.90. The van der Waals surface area contributed by atoms with Crippen molar-refractivity contribution in [3.63, 3.8) is 0 Å². The normalized spacial score (nSPS) is 12.0. The van der Waals surface area contributed by atoms with Crippen molar-refractivity contribution in [2.45, 2.75) is 6.92 Å². The number of hydrogen-bond donors (Lipinski definition) is 1. The van der Waals surface area contributed by atoms with Crippen LogP contribution in [-0.4, -0.2) is 64.6 Å². The van der Waals surface area contributed by atoms with E-state index >= 15 is 0 Å². The van der Waals surface area contributed by atoms with Gasteiger partial charge in [0, 0.05) is 19.8 Å². The van der Waals surface area contributed by atoms with Crippen LogP contribution >= 0.6 is 0 Å². The topological polar surface area (TPSA) is 71.0 Å². The Hall–Kier alpha value is -1.76. The minimum Gasteiger partial charge on any atom is -0.492 e. The van der Waals surface area contributed by atoms with Crippen LogP contribution in [0, 0.1) is 0 Å². The molecule has 0 aliphatic heterocycles. The number of rotatable bonds is 8. The zero-order chi connectivity index (χ0) is 16.4. The third-order valence-corrected chi connectivity index (χ3v) is 3.78. The molecule has 0 bridgehead atoms. The summed E-state index contributed by atoms with van der Waals surface area (Å²) >= 11 is 0. The summed E-state index contributed by atoms with van der Waals surface area (Å²) in [5.74, 6) is 1.56. The van der Waals surface area contributed by atoms with Gasteiger partial charge in [0.1, 0.15) is 22.2 Å². The molecule has 0 fully saturated rings. The van der Waals surface area contributed by atoms with E-state index < -0.39 is 9.84 Å². The Balaban J connectivity index is 2.46. The molecular formula is C15H25N3O3S. The first kappa shape index (κ1) is 18.3. The van der Waals surface area contributed by atoms with Crippen LogP contribution in [0.2, 0.25) is 0 Å². The molecule has 1 rings (SSSR count). The SMILES string of the molecule is CCNC(=NCCS(C)(=O)=O)N(C)CCOc1ccccc1. The largest absolute Gasteiger partial charge is 0.492 e. The van der Waals surface area contributed by atoms with Crippen molar-refractivity contribution in [1.29, 1.82) is 0 Å². The van der Waals surface area contributed by atoms with Crippen molar-refractivity contribution in [1.82, 2.24) is 10.2 Å². The van der Waals surface area contributed by atoms with E-state index in [2.05, 4.69) is 10.3 Å². The fraction of sp³-hybridized carbons (Fsp3) is 0.533. The average molecular weight is 327 g/mol. The summed E-state index contributed by atoms with van der Waals surface area (Å²) in [7, 11) is -1.09. The van der Waals surface area contributed by atoms with Crippen LogP contribution in [0.1, 0.15) is 6.92 Å². The van der Waals surface area contributed by atoms with E-state index in [9.17, 15) is 8.42 Å². The highest BCUT2D eigenvalue weighted by Crippen LogP contribution is 2.07. The number of likely N-dealkylation sites (N-methyl/N-ethyl adjacent to an activating group) is 1. The van der Waals surface area contributed by atoms with Crippen LogP contribution in [0.25, 0.3) is 0 Å². The third kappa shape index (κ3) is 7.87. The van der Waals surface area contributed by atoms with Crippen molar-refractivity contribution in [2.75, 3.05) is 45.3 Å². The minimum absolute atomic E-state index is 0.0518. The Morgan fingerprint density at radius 3 is 2.59 bits per heavy atom. The van der Waals surface area contributed by atoms with Gasteiger partial charge in [0.2, 0.25) is 0 Å². The maximum absolute atomic E-state index is 11.1. The summed E-state index contributed by atoms with van der Waals surface area (Å²) in [6.45, 7) is 4.13. The second-order valence-electron chi connectivity index (χ2n) is 4.95. The van der Waals surface area contributed by atoms with E-state index in [1.165, 1.54) is 6.26 Å². The van der Waals surface area contributed by atoms with Crippen LogP contribution in [0.15, 0.2) is 35.3 Å². The molecule has 0 aliphatic carbocycles. The van der Waals surface area contributed by atoms with Gasteiger partial charge in [-0.05, 0) is 19.1 Å². The number of guanidine groups is 1. The summed E-state index contributed by atoms with van der Waals surface area (Å²) in [6, 6.07) is 9.61. The van der Waals surface area contributed by atoms with Gasteiger partial charge in [0.15, 0.2) is 5.96 Å². The van der Waals surface area contributed by atoms with E-state index in [-0.39, 0.29) is 12.3 Å². The molecule has 0 aliphatic rings. The van der Waals surface area contributed by atoms with Crippen molar-refractivity contribution in [3.05, 3.63) is 30.3 Å². The standard InChI is InChI=1S/C15H25N3O3S/c1-4-16-15(17-10-13-22(3,19)20)18(2)11-12-21-14-8-6-5-7-9-14/h5-9H,4,10-13H2,1-3H3,(H,16,17). The summed E-state index contributed by atoms with van der Waals surface area (Å²) in [5, 5.41) is 3.14. The van der Waals surface area contributed by atoms with E-state index in [0.717, 1.165) is 12.3 Å². The predicted octanol–water partition coefficient (Wildman–Crippen LogP) is 1.01. The Morgan fingerprint density at radius 2 is 2.00 bits per heavy atom. The first-order chi connectivity index (χ1) is 10.4. The molecule has 0 radical (unpaired) electrons. The van der Waals surface area contributed by atoms with Gasteiger partial charge in [-0.3, -0.25) is 4.99 Å². The average Bonchev–Trinajstić information content (AvgIpc) is 2.46. The maximum Gasteiger partial charge on any atom is 0.193 e. The van der Waals surface area contributed by atoms with Crippen molar-refractivity contribution in [3.8, 4) is 5.75 Å². The quantitative estimate of drug-likeness (QED) is 0.570. The molecule has 0 saturated heterocycles. The predicted molar refractivity (Wildman–Crippen MR) is 90.3 cm³/mol. The number of para-hydroxylation sites is 1. The zero-order valence-electron chi connectivity index (χ0n) is 13.4. The number of sulfone groups is 1. The molecule has 1 aromatic rings. The molecule has 7 heteroatoms. The van der Waals surface area contributed by atoms with Crippen LogP contribution in [0.5, 0.6) is 5.75 Å². The summed E-state index contributed by atoms with van der Waals surface area (Å²) in [4.78, 5) is 6.25. The molecule has 0 spiro atoms. The smallest absolute Gasteiger partial charge is 0.193 e. The van der Waals surface area contributed by atoms with E-state index in [1.807, 2.05) is 49.2 Å². The van der Waals surface area contributed by atoms with Gasteiger partial charge < -0.3 is 15.0 Å². The monoisotopic (exact) mass is 327 g/mol. The highest BCUT2D eigenvalue weighted by Gasteiger charge is 2.07. The van der Waals surface area contributed by atoms with Crippen molar-refractivity contribution >= 4 is 15.8 Å². The van der Waals surface area contributed by atoms with Crippen molar-refractivity contribution in [2.24, 2.45) is 4.99 Å². The first-order valence-corrected chi connectivity index (χ1v) is 9.33. The number of hydrogen-bond acceptors (Lipinski definition) is 4.